The number of nitrogens with two attached hydrogens (primary N) is 1. The molecule has 1 aromatic carbocycles. The Morgan fingerprint density at radius 3 is 2.42 bits per heavy atom. The maximum atomic E-state index is 12.5. The van der Waals surface area contributed by atoms with Gasteiger partial charge in [-0.3, -0.25) is 0 Å². The van der Waals surface area contributed by atoms with Gasteiger partial charge in [-0.15, -0.1) is 0 Å². The lowest BCUT2D eigenvalue weighted by atomic mass is 10.3. The van der Waals surface area contributed by atoms with Crippen molar-refractivity contribution in [2.24, 2.45) is 5.14 Å². The van der Waals surface area contributed by atoms with Gasteiger partial charge in [-0.25, -0.2) is 17.9 Å². The third-order valence-corrected chi connectivity index (χ3v) is 3.10. The van der Waals surface area contributed by atoms with Crippen molar-refractivity contribution in [1.29, 1.82) is 0 Å². The van der Waals surface area contributed by atoms with E-state index in [9.17, 15) is 12.8 Å². The van der Waals surface area contributed by atoms with Crippen LogP contribution in [0.1, 0.15) is 0 Å². The summed E-state index contributed by atoms with van der Waals surface area (Å²) >= 11 is 2.94. The van der Waals surface area contributed by atoms with Crippen LogP contribution in [-0.4, -0.2) is 8.42 Å². The number of hydrogen-bond acceptors (Lipinski definition) is 2. The first-order valence-electron chi connectivity index (χ1n) is 2.89. The molecule has 0 aromatic heterocycles. The molecule has 0 aliphatic heterocycles. The highest BCUT2D eigenvalue weighted by molar-refractivity contribution is 9.10. The number of sulfonamides is 1. The van der Waals surface area contributed by atoms with E-state index in [1.807, 2.05) is 0 Å². The van der Waals surface area contributed by atoms with Crippen LogP contribution >= 0.6 is 15.9 Å². The van der Waals surface area contributed by atoms with E-state index in [2.05, 4.69) is 15.9 Å². The van der Waals surface area contributed by atoms with Gasteiger partial charge >= 0.3 is 0 Å². The Hall–Kier alpha value is -0.460. The van der Waals surface area contributed by atoms with Crippen LogP contribution in [0.3, 0.4) is 0 Å². The molecule has 0 radical (unpaired) electrons. The zero-order chi connectivity index (χ0) is 9.35. The summed E-state index contributed by atoms with van der Waals surface area (Å²) in [6.45, 7) is 0. The highest BCUT2D eigenvalue weighted by Crippen LogP contribution is 2.20. The van der Waals surface area contributed by atoms with Crippen LogP contribution in [0.5, 0.6) is 0 Å². The van der Waals surface area contributed by atoms with Crippen molar-refractivity contribution in [1.82, 2.24) is 0 Å². The summed E-state index contributed by atoms with van der Waals surface area (Å²) in [7, 11) is -3.84. The lowest BCUT2D eigenvalue weighted by Crippen LogP contribution is -2.12. The molecule has 0 saturated carbocycles. The van der Waals surface area contributed by atoms with Gasteiger partial charge in [0.1, 0.15) is 5.82 Å². The second-order valence-corrected chi connectivity index (χ2v) is 4.50. The number of primary sulfonamides is 1. The second kappa shape index (κ2) is 3.12. The molecule has 0 amide bonds. The Morgan fingerprint density at radius 2 is 2.00 bits per heavy atom. The maximum absolute atomic E-state index is 12.5. The van der Waals surface area contributed by atoms with Crippen LogP contribution in [0, 0.1) is 5.82 Å². The van der Waals surface area contributed by atoms with Gasteiger partial charge in [-0.2, -0.15) is 0 Å². The summed E-state index contributed by atoms with van der Waals surface area (Å²) < 4.78 is 34.4. The quantitative estimate of drug-likeness (QED) is 0.819. The molecule has 6 heteroatoms. The first kappa shape index (κ1) is 9.63. The standard InChI is InChI=1S/C6H5BrFNO2S/c7-5-2-1-4(8)3-6(5)12(9,10)11/h1-3H,(H2,9,10,11). The molecule has 1 rings (SSSR count). The summed E-state index contributed by atoms with van der Waals surface area (Å²) in [5, 5.41) is 4.80. The van der Waals surface area contributed by atoms with Gasteiger partial charge in [-0.1, -0.05) is 0 Å². The Kier molecular flexibility index (Phi) is 2.50. The van der Waals surface area contributed by atoms with Crippen molar-refractivity contribution in [2.75, 3.05) is 0 Å². The van der Waals surface area contributed by atoms with Gasteiger partial charge < -0.3 is 0 Å². The largest absolute Gasteiger partial charge is 0.239 e. The first-order valence-corrected chi connectivity index (χ1v) is 5.23. The normalized spacial score (nSPS) is 11.6. The first-order chi connectivity index (χ1) is 5.41. The van der Waals surface area contributed by atoms with Crippen molar-refractivity contribution >= 4 is 26.0 Å². The van der Waals surface area contributed by atoms with Gasteiger partial charge in [0.2, 0.25) is 10.0 Å². The van der Waals surface area contributed by atoms with E-state index in [1.54, 1.807) is 0 Å². The third-order valence-electron chi connectivity index (χ3n) is 1.20. The molecule has 0 saturated heterocycles. The molecule has 1 aromatic rings. The average molecular weight is 254 g/mol. The van der Waals surface area contributed by atoms with Crippen molar-refractivity contribution < 1.29 is 12.8 Å². The van der Waals surface area contributed by atoms with Gasteiger partial charge in [-0.05, 0) is 34.1 Å². The van der Waals surface area contributed by atoms with E-state index in [-0.39, 0.29) is 9.37 Å². The van der Waals surface area contributed by atoms with Crippen molar-refractivity contribution in [3.05, 3.63) is 28.5 Å². The number of halogens is 2. The van der Waals surface area contributed by atoms with E-state index in [1.165, 1.54) is 6.07 Å². The SMILES string of the molecule is NS(=O)(=O)c1cc(F)ccc1Br. The molecular weight excluding hydrogens is 249 g/mol. The molecule has 0 bridgehead atoms. The molecule has 0 spiro atoms. The zero-order valence-electron chi connectivity index (χ0n) is 5.79. The summed E-state index contributed by atoms with van der Waals surface area (Å²) in [5.74, 6) is -0.637. The fourth-order valence-electron chi connectivity index (χ4n) is 0.695. The van der Waals surface area contributed by atoms with E-state index < -0.39 is 15.8 Å². The average Bonchev–Trinajstić information content (AvgIpc) is 1.92. The van der Waals surface area contributed by atoms with E-state index in [4.69, 9.17) is 5.14 Å². The lowest BCUT2D eigenvalue weighted by molar-refractivity contribution is 0.591. The van der Waals surface area contributed by atoms with Gasteiger partial charge in [0, 0.05) is 4.47 Å². The number of benzene rings is 1. The number of rotatable bonds is 1. The molecule has 0 atom stereocenters. The molecule has 0 fully saturated rings. The Balaban J connectivity index is 3.43. The zero-order valence-corrected chi connectivity index (χ0v) is 8.19. The van der Waals surface area contributed by atoms with E-state index in [0.717, 1.165) is 12.1 Å². The highest BCUT2D eigenvalue weighted by atomic mass is 79.9. The molecule has 0 aliphatic carbocycles. The Morgan fingerprint density at radius 1 is 1.42 bits per heavy atom. The van der Waals surface area contributed by atoms with Crippen LogP contribution in [0.2, 0.25) is 0 Å². The van der Waals surface area contributed by atoms with Gasteiger partial charge in [0.05, 0.1) is 4.90 Å². The fraction of sp³-hybridized carbons (Fsp3) is 0. The smallest absolute Gasteiger partial charge is 0.225 e. The van der Waals surface area contributed by atoms with Crippen LogP contribution in [0.25, 0.3) is 0 Å². The summed E-state index contributed by atoms with van der Waals surface area (Å²) in [6, 6.07) is 3.28. The molecule has 0 heterocycles. The molecular formula is C6H5BrFNO2S. The van der Waals surface area contributed by atoms with E-state index >= 15 is 0 Å². The molecule has 2 N–H and O–H groups in total. The van der Waals surface area contributed by atoms with Gasteiger partial charge in [0.15, 0.2) is 0 Å². The lowest BCUT2D eigenvalue weighted by Gasteiger charge is -2.00. The molecule has 66 valence electrons. The minimum Gasteiger partial charge on any atom is -0.225 e. The molecule has 3 nitrogen and oxygen atoms in total. The van der Waals surface area contributed by atoms with Crippen LogP contribution < -0.4 is 5.14 Å². The molecule has 0 unspecified atom stereocenters. The third kappa shape index (κ3) is 2.02. The topological polar surface area (TPSA) is 60.2 Å². The maximum Gasteiger partial charge on any atom is 0.239 e. The summed E-state index contributed by atoms with van der Waals surface area (Å²) in [4.78, 5) is -0.248. The predicted octanol–water partition coefficient (Wildman–Crippen LogP) is 1.24. The Labute approximate surface area is 77.6 Å². The highest BCUT2D eigenvalue weighted by Gasteiger charge is 2.12. The van der Waals surface area contributed by atoms with Crippen molar-refractivity contribution in [2.45, 2.75) is 4.90 Å². The number of hydrogen-bond donors (Lipinski definition) is 1. The van der Waals surface area contributed by atoms with Crippen molar-refractivity contribution in [3.8, 4) is 0 Å². The second-order valence-electron chi connectivity index (χ2n) is 2.12. The fourth-order valence-corrected chi connectivity index (χ4v) is 2.24. The summed E-state index contributed by atoms with van der Waals surface area (Å²) in [5.41, 5.74) is 0. The van der Waals surface area contributed by atoms with Crippen LogP contribution in [0.15, 0.2) is 27.6 Å². The van der Waals surface area contributed by atoms with E-state index in [0.29, 0.717) is 0 Å². The molecule has 12 heavy (non-hydrogen) atoms. The Bertz CT molecular complexity index is 404. The van der Waals surface area contributed by atoms with Crippen molar-refractivity contribution in [3.63, 3.8) is 0 Å². The van der Waals surface area contributed by atoms with Crippen LogP contribution in [-0.2, 0) is 10.0 Å². The minimum absolute atomic E-state index is 0.248. The van der Waals surface area contributed by atoms with Crippen LogP contribution in [0.4, 0.5) is 4.39 Å². The van der Waals surface area contributed by atoms with Gasteiger partial charge in [0.25, 0.3) is 0 Å². The molecule has 0 aliphatic rings. The monoisotopic (exact) mass is 253 g/mol. The minimum atomic E-state index is -3.84. The summed E-state index contributed by atoms with van der Waals surface area (Å²) in [6.07, 6.45) is 0. The predicted molar refractivity (Wildman–Crippen MR) is 45.5 cm³/mol.